The summed E-state index contributed by atoms with van der Waals surface area (Å²) in [5, 5.41) is 8.90. The number of hydrogen-bond acceptors (Lipinski definition) is 5. The van der Waals surface area contributed by atoms with E-state index in [1.165, 1.54) is 51.0 Å². The minimum atomic E-state index is -0.0273. The van der Waals surface area contributed by atoms with Crippen molar-refractivity contribution in [2.24, 2.45) is 24.3 Å². The van der Waals surface area contributed by atoms with Crippen LogP contribution in [0, 0.1) is 17.3 Å². The molecule has 6 rings (SSSR count). The van der Waals surface area contributed by atoms with E-state index in [-0.39, 0.29) is 11.9 Å². The molecule has 3 saturated heterocycles. The fourth-order valence-corrected chi connectivity index (χ4v) is 7.17. The minimum absolute atomic E-state index is 0.0273. The third-order valence-electron chi connectivity index (χ3n) is 9.87. The summed E-state index contributed by atoms with van der Waals surface area (Å²) in [5.41, 5.74) is 3.45. The van der Waals surface area contributed by atoms with Crippen molar-refractivity contribution >= 4 is 22.5 Å². The number of carbonyl (C=O) groups excluding carboxylic acids is 1. The molecule has 1 aromatic carbocycles. The maximum Gasteiger partial charge on any atom is 0.272 e. The minimum Gasteiger partial charge on any atom is -0.371 e. The lowest BCUT2D eigenvalue weighted by molar-refractivity contribution is 0.0902. The lowest BCUT2D eigenvalue weighted by atomic mass is 10.0. The second kappa shape index (κ2) is 9.64. The molecule has 0 bridgehead atoms. The zero-order valence-electron chi connectivity index (χ0n) is 22.5. The van der Waals surface area contributed by atoms with E-state index in [1.54, 1.807) is 0 Å². The first kappa shape index (κ1) is 24.2. The predicted molar refractivity (Wildman–Crippen MR) is 146 cm³/mol. The lowest BCUT2D eigenvalue weighted by Crippen LogP contribution is -2.46. The topological polar surface area (TPSA) is 56.6 Å². The van der Waals surface area contributed by atoms with E-state index in [4.69, 9.17) is 0 Å². The van der Waals surface area contributed by atoms with E-state index in [0.717, 1.165) is 68.3 Å². The Morgan fingerprint density at radius 1 is 0.972 bits per heavy atom. The highest BCUT2D eigenvalue weighted by Crippen LogP contribution is 2.61. The van der Waals surface area contributed by atoms with Crippen LogP contribution in [0.15, 0.2) is 18.2 Å². The van der Waals surface area contributed by atoms with Gasteiger partial charge in [0, 0.05) is 76.5 Å². The summed E-state index contributed by atoms with van der Waals surface area (Å²) in [5.74, 6) is 1.84. The van der Waals surface area contributed by atoms with Gasteiger partial charge in [0.25, 0.3) is 5.91 Å². The number of anilines is 1. The van der Waals surface area contributed by atoms with Gasteiger partial charge in [-0.2, -0.15) is 5.10 Å². The van der Waals surface area contributed by atoms with Crippen molar-refractivity contribution in [3.63, 3.8) is 0 Å². The Hall–Kier alpha value is -2.12. The van der Waals surface area contributed by atoms with Gasteiger partial charge in [-0.05, 0) is 61.1 Å². The molecule has 196 valence electrons. The van der Waals surface area contributed by atoms with Crippen LogP contribution in [0.2, 0.25) is 0 Å². The highest BCUT2D eigenvalue weighted by molar-refractivity contribution is 6.05. The first-order valence-corrected chi connectivity index (χ1v) is 14.4. The Labute approximate surface area is 216 Å². The number of piperidine rings is 2. The fraction of sp³-hybridized carbons (Fsp3) is 0.724. The average Bonchev–Trinajstić information content (AvgIpc) is 3.09. The summed E-state index contributed by atoms with van der Waals surface area (Å²) in [6, 6.07) is 6.73. The summed E-state index contributed by atoms with van der Waals surface area (Å²) in [4.78, 5) is 21.0. The first-order chi connectivity index (χ1) is 17.4. The molecule has 4 aliphatic rings. The average molecular weight is 493 g/mol. The SMILES string of the molecule is Cn1nc(C(=O)NC2CCN(CCN3CC4C(C3)C4(C)C)CC2)c2ccc(N3CCCCCC3)cc21. The quantitative estimate of drug-likeness (QED) is 0.666. The Kier molecular flexibility index (Phi) is 6.49. The number of nitrogens with zero attached hydrogens (tertiary/aromatic N) is 5. The second-order valence-electron chi connectivity index (χ2n) is 12.5. The van der Waals surface area contributed by atoms with E-state index in [0.29, 0.717) is 11.1 Å². The molecule has 1 N–H and O–H groups in total. The van der Waals surface area contributed by atoms with E-state index in [9.17, 15) is 4.79 Å². The van der Waals surface area contributed by atoms with Crippen LogP contribution in [0.4, 0.5) is 5.69 Å². The smallest absolute Gasteiger partial charge is 0.272 e. The molecule has 0 radical (unpaired) electrons. The third-order valence-corrected chi connectivity index (χ3v) is 9.87. The molecule has 7 nitrogen and oxygen atoms in total. The van der Waals surface area contributed by atoms with Crippen LogP contribution < -0.4 is 10.2 Å². The van der Waals surface area contributed by atoms with Crippen LogP contribution >= 0.6 is 0 Å². The Morgan fingerprint density at radius 3 is 2.33 bits per heavy atom. The first-order valence-electron chi connectivity index (χ1n) is 14.4. The van der Waals surface area contributed by atoms with Crippen molar-refractivity contribution in [1.29, 1.82) is 0 Å². The zero-order valence-corrected chi connectivity index (χ0v) is 22.5. The van der Waals surface area contributed by atoms with Gasteiger partial charge in [-0.3, -0.25) is 9.48 Å². The van der Waals surface area contributed by atoms with Crippen molar-refractivity contribution in [1.82, 2.24) is 24.9 Å². The van der Waals surface area contributed by atoms with Gasteiger partial charge in [0.15, 0.2) is 5.69 Å². The predicted octanol–water partition coefficient (Wildman–Crippen LogP) is 3.74. The molecule has 2 atom stereocenters. The number of aryl methyl sites for hydroxylation is 1. The lowest BCUT2D eigenvalue weighted by Gasteiger charge is -2.33. The molecule has 36 heavy (non-hydrogen) atoms. The highest BCUT2D eigenvalue weighted by Gasteiger charge is 2.61. The number of amides is 1. The van der Waals surface area contributed by atoms with Gasteiger partial charge in [0.05, 0.1) is 5.52 Å². The van der Waals surface area contributed by atoms with Crippen molar-refractivity contribution < 1.29 is 4.79 Å². The summed E-state index contributed by atoms with van der Waals surface area (Å²) in [6.45, 7) is 14.2. The summed E-state index contributed by atoms with van der Waals surface area (Å²) in [7, 11) is 1.95. The standard InChI is InChI=1S/C29H44N6O/c1-29(2)24-19-34(20-25(24)29)17-16-33-14-10-21(11-15-33)30-28(36)27-23-9-8-22(18-26(23)32(3)31-27)35-12-6-4-5-7-13-35/h8-9,18,21,24-25H,4-7,10-17,19-20H2,1-3H3,(H,30,36). The van der Waals surface area contributed by atoms with Gasteiger partial charge in [-0.15, -0.1) is 0 Å². The number of aromatic nitrogens is 2. The number of benzene rings is 1. The van der Waals surface area contributed by atoms with E-state index in [2.05, 4.69) is 57.2 Å². The Bertz CT molecular complexity index is 1080. The molecule has 4 heterocycles. The van der Waals surface area contributed by atoms with Crippen LogP contribution in [-0.2, 0) is 7.05 Å². The zero-order chi connectivity index (χ0) is 24.9. The van der Waals surface area contributed by atoms with Crippen LogP contribution in [0.25, 0.3) is 10.9 Å². The second-order valence-corrected chi connectivity index (χ2v) is 12.5. The normalized spacial score (nSPS) is 27.2. The number of rotatable bonds is 6. The molecule has 1 amide bonds. The number of likely N-dealkylation sites (tertiary alicyclic amines) is 2. The maximum atomic E-state index is 13.2. The number of fused-ring (bicyclic) bond motifs is 2. The molecular weight excluding hydrogens is 448 g/mol. The van der Waals surface area contributed by atoms with Gasteiger partial charge in [0.2, 0.25) is 0 Å². The largest absolute Gasteiger partial charge is 0.371 e. The molecule has 1 saturated carbocycles. The number of hydrogen-bond donors (Lipinski definition) is 1. The van der Waals surface area contributed by atoms with Crippen LogP contribution in [0.1, 0.15) is 62.9 Å². The van der Waals surface area contributed by atoms with Gasteiger partial charge in [-0.25, -0.2) is 0 Å². The highest BCUT2D eigenvalue weighted by atomic mass is 16.2. The van der Waals surface area contributed by atoms with Gasteiger partial charge in [0.1, 0.15) is 0 Å². The fourth-order valence-electron chi connectivity index (χ4n) is 7.17. The van der Waals surface area contributed by atoms with E-state index in [1.807, 2.05) is 11.7 Å². The molecule has 7 heteroatoms. The van der Waals surface area contributed by atoms with Crippen LogP contribution in [0.3, 0.4) is 0 Å². The molecule has 4 fully saturated rings. The molecule has 0 spiro atoms. The monoisotopic (exact) mass is 492 g/mol. The molecule has 2 aromatic rings. The van der Waals surface area contributed by atoms with E-state index >= 15 is 0 Å². The Balaban J connectivity index is 1.01. The van der Waals surface area contributed by atoms with Crippen LogP contribution in [0.5, 0.6) is 0 Å². The summed E-state index contributed by atoms with van der Waals surface area (Å²) < 4.78 is 1.87. The molecule has 3 aliphatic heterocycles. The van der Waals surface area contributed by atoms with Crippen molar-refractivity contribution in [2.75, 3.05) is 57.3 Å². The maximum absolute atomic E-state index is 13.2. The van der Waals surface area contributed by atoms with Crippen molar-refractivity contribution in [2.45, 2.75) is 58.4 Å². The Morgan fingerprint density at radius 2 is 1.64 bits per heavy atom. The number of nitrogens with one attached hydrogen (secondary N) is 1. The molecular formula is C29H44N6O. The van der Waals surface area contributed by atoms with E-state index < -0.39 is 0 Å². The summed E-state index contributed by atoms with van der Waals surface area (Å²) in [6.07, 6.45) is 7.21. The molecule has 1 aromatic heterocycles. The van der Waals surface area contributed by atoms with Crippen LogP contribution in [-0.4, -0.2) is 83.9 Å². The van der Waals surface area contributed by atoms with Gasteiger partial charge < -0.3 is 20.0 Å². The molecule has 1 aliphatic carbocycles. The van der Waals surface area contributed by atoms with Crippen molar-refractivity contribution in [3.8, 4) is 0 Å². The third kappa shape index (κ3) is 4.65. The summed E-state index contributed by atoms with van der Waals surface area (Å²) >= 11 is 0. The van der Waals surface area contributed by atoms with Gasteiger partial charge in [-0.1, -0.05) is 26.7 Å². The van der Waals surface area contributed by atoms with Gasteiger partial charge >= 0.3 is 0 Å². The van der Waals surface area contributed by atoms with Crippen molar-refractivity contribution in [3.05, 3.63) is 23.9 Å². The molecule has 2 unspecified atom stereocenters. The number of carbonyl (C=O) groups is 1.